The second-order valence-electron chi connectivity index (χ2n) is 2.67. The highest BCUT2D eigenvalue weighted by Crippen LogP contribution is 2.19. The summed E-state index contributed by atoms with van der Waals surface area (Å²) in [5.74, 6) is -1.63. The first-order chi connectivity index (χ1) is 6.79. The van der Waals surface area contributed by atoms with Crippen LogP contribution in [0.25, 0.3) is 11.4 Å². The fourth-order valence-corrected chi connectivity index (χ4v) is 1.11. The summed E-state index contributed by atoms with van der Waals surface area (Å²) in [5.41, 5.74) is 0.0746. The Morgan fingerprint density at radius 1 is 0.929 bits per heavy atom. The molecule has 0 saturated carbocycles. The lowest BCUT2D eigenvalue weighted by atomic mass is 10.2. The van der Waals surface area contributed by atoms with E-state index in [0.717, 1.165) is 6.07 Å². The Balaban J connectivity index is 2.58. The number of nitrogens with zero attached hydrogens (tertiary/aromatic N) is 2. The lowest BCUT2D eigenvalue weighted by Gasteiger charge is -2.00. The van der Waals surface area contributed by atoms with Crippen LogP contribution in [-0.2, 0) is 0 Å². The van der Waals surface area contributed by atoms with Gasteiger partial charge in [-0.2, -0.15) is 0 Å². The molecule has 0 radical (unpaired) electrons. The van der Waals surface area contributed by atoms with Gasteiger partial charge in [-0.3, -0.25) is 0 Å². The number of hydrogen-bond donors (Lipinski definition) is 0. The first kappa shape index (κ1) is 8.74. The van der Waals surface area contributed by atoms with Crippen LogP contribution >= 0.6 is 0 Å². The summed E-state index contributed by atoms with van der Waals surface area (Å²) in [6, 6.07) is 5.53. The highest BCUT2D eigenvalue weighted by Gasteiger charge is 2.10. The summed E-state index contributed by atoms with van der Waals surface area (Å²) in [6.07, 6.45) is 2.96. The molecule has 2 rings (SSSR count). The van der Waals surface area contributed by atoms with Crippen LogP contribution in [0.15, 0.2) is 36.7 Å². The Kier molecular flexibility index (Phi) is 2.18. The van der Waals surface area contributed by atoms with E-state index in [1.54, 1.807) is 6.07 Å². The van der Waals surface area contributed by atoms with Gasteiger partial charge in [0.25, 0.3) is 0 Å². The number of halogens is 2. The fraction of sp³-hybridized carbons (Fsp3) is 0. The molecule has 0 spiro atoms. The summed E-state index contributed by atoms with van der Waals surface area (Å²) in [5, 5.41) is 0. The molecule has 0 N–H and O–H groups in total. The summed E-state index contributed by atoms with van der Waals surface area (Å²) < 4.78 is 26.1. The van der Waals surface area contributed by atoms with Gasteiger partial charge in [-0.05, 0) is 18.2 Å². The number of rotatable bonds is 1. The van der Waals surface area contributed by atoms with Gasteiger partial charge in [-0.15, -0.1) is 0 Å². The van der Waals surface area contributed by atoms with Crippen molar-refractivity contribution in [2.75, 3.05) is 0 Å². The van der Waals surface area contributed by atoms with Crippen LogP contribution in [0.4, 0.5) is 8.78 Å². The third-order valence-electron chi connectivity index (χ3n) is 1.76. The van der Waals surface area contributed by atoms with Gasteiger partial charge in [0.1, 0.15) is 0 Å². The van der Waals surface area contributed by atoms with Crippen molar-refractivity contribution in [1.29, 1.82) is 0 Å². The predicted octanol–water partition coefficient (Wildman–Crippen LogP) is 2.42. The Morgan fingerprint density at radius 3 is 2.36 bits per heavy atom. The summed E-state index contributed by atoms with van der Waals surface area (Å²) >= 11 is 0. The van der Waals surface area contributed by atoms with E-state index >= 15 is 0 Å². The van der Waals surface area contributed by atoms with Crippen LogP contribution in [0.2, 0.25) is 0 Å². The van der Waals surface area contributed by atoms with E-state index in [9.17, 15) is 8.78 Å². The van der Waals surface area contributed by atoms with Gasteiger partial charge in [-0.1, -0.05) is 6.07 Å². The first-order valence-corrected chi connectivity index (χ1v) is 4.00. The molecule has 0 fully saturated rings. The minimum absolute atomic E-state index is 0.0746. The zero-order chi connectivity index (χ0) is 9.97. The van der Waals surface area contributed by atoms with Gasteiger partial charge in [0.05, 0.1) is 5.56 Å². The predicted molar refractivity (Wildman–Crippen MR) is 47.4 cm³/mol. The van der Waals surface area contributed by atoms with E-state index in [4.69, 9.17) is 0 Å². The zero-order valence-corrected chi connectivity index (χ0v) is 7.11. The second kappa shape index (κ2) is 3.49. The molecule has 2 aromatic rings. The highest BCUT2D eigenvalue weighted by atomic mass is 19.2. The first-order valence-electron chi connectivity index (χ1n) is 4.00. The molecule has 2 nitrogen and oxygen atoms in total. The van der Waals surface area contributed by atoms with Crippen LogP contribution in [0.5, 0.6) is 0 Å². The SMILES string of the molecule is Fc1cccc(-c2ncccn2)c1F. The molecule has 0 aliphatic rings. The molecule has 0 unspecified atom stereocenters. The minimum Gasteiger partial charge on any atom is -0.236 e. The van der Waals surface area contributed by atoms with Crippen LogP contribution in [0, 0.1) is 11.6 Å². The lowest BCUT2D eigenvalue weighted by molar-refractivity contribution is 0.510. The van der Waals surface area contributed by atoms with Gasteiger partial charge in [0.2, 0.25) is 0 Å². The molecule has 0 amide bonds. The van der Waals surface area contributed by atoms with E-state index in [0.29, 0.717) is 0 Å². The summed E-state index contributed by atoms with van der Waals surface area (Å²) in [7, 11) is 0. The zero-order valence-electron chi connectivity index (χ0n) is 7.11. The van der Waals surface area contributed by atoms with Crippen LogP contribution in [0.1, 0.15) is 0 Å². The largest absolute Gasteiger partial charge is 0.236 e. The van der Waals surface area contributed by atoms with E-state index in [1.165, 1.54) is 24.5 Å². The molecule has 1 heterocycles. The fourth-order valence-electron chi connectivity index (χ4n) is 1.11. The number of aromatic nitrogens is 2. The lowest BCUT2D eigenvalue weighted by Crippen LogP contribution is -1.93. The third-order valence-corrected chi connectivity index (χ3v) is 1.76. The van der Waals surface area contributed by atoms with Crippen molar-refractivity contribution >= 4 is 0 Å². The van der Waals surface area contributed by atoms with Crippen molar-refractivity contribution in [3.05, 3.63) is 48.3 Å². The molecule has 0 aliphatic carbocycles. The maximum absolute atomic E-state index is 13.2. The molecule has 70 valence electrons. The van der Waals surface area contributed by atoms with Gasteiger partial charge >= 0.3 is 0 Å². The Hall–Kier alpha value is -1.84. The maximum Gasteiger partial charge on any atom is 0.169 e. The highest BCUT2D eigenvalue weighted by molar-refractivity contribution is 5.55. The summed E-state index contributed by atoms with van der Waals surface area (Å²) in [4.78, 5) is 7.67. The van der Waals surface area contributed by atoms with Crippen molar-refractivity contribution in [1.82, 2.24) is 9.97 Å². The number of benzene rings is 1. The topological polar surface area (TPSA) is 25.8 Å². The van der Waals surface area contributed by atoms with Crippen molar-refractivity contribution in [2.24, 2.45) is 0 Å². The normalized spacial score (nSPS) is 10.1. The van der Waals surface area contributed by atoms with E-state index in [2.05, 4.69) is 9.97 Å². The second-order valence-corrected chi connectivity index (χ2v) is 2.67. The summed E-state index contributed by atoms with van der Waals surface area (Å²) in [6.45, 7) is 0. The van der Waals surface area contributed by atoms with Crippen LogP contribution in [0.3, 0.4) is 0 Å². The Bertz CT molecular complexity index is 443. The van der Waals surface area contributed by atoms with E-state index in [-0.39, 0.29) is 11.4 Å². The van der Waals surface area contributed by atoms with E-state index < -0.39 is 11.6 Å². The molecule has 0 saturated heterocycles. The van der Waals surface area contributed by atoms with Crippen LogP contribution < -0.4 is 0 Å². The van der Waals surface area contributed by atoms with Crippen LogP contribution in [-0.4, -0.2) is 9.97 Å². The molecule has 4 heteroatoms. The molecular formula is C10H6F2N2. The van der Waals surface area contributed by atoms with Crippen molar-refractivity contribution < 1.29 is 8.78 Å². The average Bonchev–Trinajstić information content (AvgIpc) is 2.23. The third kappa shape index (κ3) is 1.46. The molecule has 1 aromatic heterocycles. The minimum atomic E-state index is -0.918. The maximum atomic E-state index is 13.2. The molecule has 0 aliphatic heterocycles. The van der Waals surface area contributed by atoms with Gasteiger partial charge in [0, 0.05) is 12.4 Å². The quantitative estimate of drug-likeness (QED) is 0.693. The Morgan fingerprint density at radius 2 is 1.64 bits per heavy atom. The van der Waals surface area contributed by atoms with E-state index in [1.807, 2.05) is 0 Å². The van der Waals surface area contributed by atoms with Crippen molar-refractivity contribution in [2.45, 2.75) is 0 Å². The smallest absolute Gasteiger partial charge is 0.169 e. The van der Waals surface area contributed by atoms with Crippen molar-refractivity contribution in [3.8, 4) is 11.4 Å². The molecule has 0 bridgehead atoms. The van der Waals surface area contributed by atoms with Gasteiger partial charge < -0.3 is 0 Å². The standard InChI is InChI=1S/C10H6F2N2/c11-8-4-1-3-7(9(8)12)10-13-5-2-6-14-10/h1-6H. The molecule has 14 heavy (non-hydrogen) atoms. The molecule has 1 aromatic carbocycles. The Labute approximate surface area is 79.3 Å². The monoisotopic (exact) mass is 192 g/mol. The van der Waals surface area contributed by atoms with Gasteiger partial charge in [-0.25, -0.2) is 18.7 Å². The molecular weight excluding hydrogens is 186 g/mol. The number of hydrogen-bond acceptors (Lipinski definition) is 2. The van der Waals surface area contributed by atoms with Crippen molar-refractivity contribution in [3.63, 3.8) is 0 Å². The average molecular weight is 192 g/mol. The molecule has 0 atom stereocenters. The van der Waals surface area contributed by atoms with Gasteiger partial charge in [0.15, 0.2) is 17.5 Å².